The number of pyridine rings is 1. The first-order valence-corrected chi connectivity index (χ1v) is 14.4. The molecule has 2 aromatic rings. The first kappa shape index (κ1) is 24.5. The maximum Gasteiger partial charge on any atom is 0.222 e. The Hall–Kier alpha value is -1.24. The molecule has 1 saturated carbocycles. The average Bonchev–Trinajstić information content (AvgIpc) is 2.96. The Morgan fingerprint density at radius 2 is 1.85 bits per heavy atom. The first-order valence-electron chi connectivity index (χ1n) is 12.9. The molecule has 0 unspecified atom stereocenters. The van der Waals surface area contributed by atoms with Gasteiger partial charge < -0.3 is 10.6 Å². The third-order valence-electron chi connectivity index (χ3n) is 8.25. The van der Waals surface area contributed by atoms with Gasteiger partial charge in [0.1, 0.15) is 0 Å². The van der Waals surface area contributed by atoms with E-state index in [4.69, 9.17) is 10.7 Å². The van der Waals surface area contributed by atoms with E-state index in [-0.39, 0.29) is 12.0 Å². The van der Waals surface area contributed by atoms with Crippen molar-refractivity contribution in [2.75, 3.05) is 13.1 Å². The monoisotopic (exact) mass is 587 g/mol. The van der Waals surface area contributed by atoms with Crippen LogP contribution in [0.5, 0.6) is 0 Å². The molecule has 3 aliphatic rings. The third-order valence-corrected chi connectivity index (χ3v) is 9.34. The van der Waals surface area contributed by atoms with E-state index in [9.17, 15) is 4.79 Å². The Kier molecular flexibility index (Phi) is 7.48. The lowest BCUT2D eigenvalue weighted by atomic mass is 9.76. The van der Waals surface area contributed by atoms with Gasteiger partial charge in [0, 0.05) is 46.6 Å². The molecule has 182 valence electrons. The lowest BCUT2D eigenvalue weighted by Crippen LogP contribution is -2.41. The summed E-state index contributed by atoms with van der Waals surface area (Å²) in [6, 6.07) is 7.16. The Balaban J connectivity index is 1.36. The van der Waals surface area contributed by atoms with Gasteiger partial charge in [0.15, 0.2) is 0 Å². The highest BCUT2D eigenvalue weighted by Crippen LogP contribution is 2.45. The number of likely N-dealkylation sites (tertiary alicyclic amines) is 1. The van der Waals surface area contributed by atoms with Gasteiger partial charge in [-0.05, 0) is 114 Å². The van der Waals surface area contributed by atoms with Gasteiger partial charge in [-0.15, -0.1) is 0 Å². The number of carbonyl (C=O) groups is 1. The van der Waals surface area contributed by atoms with Gasteiger partial charge in [0.25, 0.3) is 0 Å². The maximum atomic E-state index is 13.1. The van der Waals surface area contributed by atoms with Gasteiger partial charge in [-0.2, -0.15) is 0 Å². The minimum Gasteiger partial charge on any atom is -0.343 e. The molecule has 1 amide bonds. The molecule has 2 fully saturated rings. The highest BCUT2D eigenvalue weighted by Gasteiger charge is 2.36. The number of amides is 1. The predicted octanol–water partition coefficient (Wildman–Crippen LogP) is 6.29. The molecule has 1 aromatic carbocycles. The zero-order chi connectivity index (χ0) is 23.8. The molecule has 0 radical (unpaired) electrons. The van der Waals surface area contributed by atoms with Gasteiger partial charge in [-0.25, -0.2) is 0 Å². The molecule has 5 rings (SSSR count). The summed E-state index contributed by atoms with van der Waals surface area (Å²) in [6.07, 6.45) is 11.2. The summed E-state index contributed by atoms with van der Waals surface area (Å²) in [6.45, 7) is 3.88. The summed E-state index contributed by atoms with van der Waals surface area (Å²) >= 11 is 7.56. The van der Waals surface area contributed by atoms with E-state index in [2.05, 4.69) is 61.9 Å². The van der Waals surface area contributed by atoms with Crippen LogP contribution in [0, 0.1) is 18.8 Å². The van der Waals surface area contributed by atoms with E-state index in [0.717, 1.165) is 62.5 Å². The van der Waals surface area contributed by atoms with Crippen LogP contribution in [0.4, 0.5) is 0 Å². The van der Waals surface area contributed by atoms with E-state index in [0.29, 0.717) is 24.2 Å². The van der Waals surface area contributed by atoms with Crippen LogP contribution in [0.3, 0.4) is 0 Å². The molecule has 2 aliphatic carbocycles. The summed E-state index contributed by atoms with van der Waals surface area (Å²) in [5.41, 5.74) is 12.9. The molecule has 2 N–H and O–H groups in total. The lowest BCUT2D eigenvalue weighted by molar-refractivity contribution is -0.133. The highest BCUT2D eigenvalue weighted by atomic mass is 79.9. The molecule has 0 bridgehead atoms. The maximum absolute atomic E-state index is 13.1. The Morgan fingerprint density at radius 1 is 1.09 bits per heavy atom. The van der Waals surface area contributed by atoms with Crippen LogP contribution in [0.2, 0.25) is 0 Å². The normalized spacial score (nSPS) is 25.4. The number of nitrogens with two attached hydrogens (primary N) is 1. The molecule has 34 heavy (non-hydrogen) atoms. The van der Waals surface area contributed by atoms with Crippen molar-refractivity contribution in [1.82, 2.24) is 9.88 Å². The summed E-state index contributed by atoms with van der Waals surface area (Å²) in [5, 5.41) is 0. The van der Waals surface area contributed by atoms with Gasteiger partial charge >= 0.3 is 0 Å². The highest BCUT2D eigenvalue weighted by molar-refractivity contribution is 9.10. The number of carbonyl (C=O) groups excluding carboxylic acids is 1. The van der Waals surface area contributed by atoms with Gasteiger partial charge in [-0.3, -0.25) is 9.78 Å². The minimum atomic E-state index is 0.268. The van der Waals surface area contributed by atoms with Crippen LogP contribution in [0.25, 0.3) is 0 Å². The number of aromatic nitrogens is 1. The fourth-order valence-electron chi connectivity index (χ4n) is 6.59. The topological polar surface area (TPSA) is 59.2 Å². The smallest absolute Gasteiger partial charge is 0.222 e. The van der Waals surface area contributed by atoms with Crippen molar-refractivity contribution in [2.24, 2.45) is 17.6 Å². The second-order valence-electron chi connectivity index (χ2n) is 10.7. The number of benzene rings is 1. The second-order valence-corrected chi connectivity index (χ2v) is 12.5. The number of rotatable bonds is 3. The minimum absolute atomic E-state index is 0.268. The van der Waals surface area contributed by atoms with Crippen molar-refractivity contribution in [3.05, 3.63) is 61.3 Å². The van der Waals surface area contributed by atoms with Gasteiger partial charge in [-0.1, -0.05) is 28.4 Å². The van der Waals surface area contributed by atoms with Gasteiger partial charge in [0.05, 0.1) is 5.69 Å². The van der Waals surface area contributed by atoms with E-state index < -0.39 is 0 Å². The second kappa shape index (κ2) is 10.4. The average molecular weight is 589 g/mol. The summed E-state index contributed by atoms with van der Waals surface area (Å²) < 4.78 is 2.26. The van der Waals surface area contributed by atoms with Crippen LogP contribution in [-0.2, 0) is 17.6 Å². The zero-order valence-corrected chi connectivity index (χ0v) is 23.2. The largest absolute Gasteiger partial charge is 0.343 e. The van der Waals surface area contributed by atoms with Crippen molar-refractivity contribution in [1.29, 1.82) is 0 Å². The molecular formula is C28H35Br2N3O. The summed E-state index contributed by atoms with van der Waals surface area (Å²) in [4.78, 5) is 20.2. The fraction of sp³-hybridized carbons (Fsp3) is 0.571. The van der Waals surface area contributed by atoms with E-state index in [1.807, 2.05) is 6.20 Å². The van der Waals surface area contributed by atoms with E-state index >= 15 is 0 Å². The standard InChI is InChI=1S/C28H35Br2N3O/c1-17-11-20-5-6-21-15-22(29)16-32-28(21)27(26(20)24(30)12-17)19-7-9-33(10-8-19)25(34)14-18-3-2-4-23(31)13-18/h11-12,15-16,18-19,23,27H,2-10,13-14,31H2,1H3/t18-,23+,27+/m0/s1. The molecule has 1 saturated heterocycles. The van der Waals surface area contributed by atoms with Crippen molar-refractivity contribution >= 4 is 37.8 Å². The Morgan fingerprint density at radius 3 is 2.62 bits per heavy atom. The molecule has 1 aromatic heterocycles. The van der Waals surface area contributed by atoms with Crippen LogP contribution < -0.4 is 5.73 Å². The third kappa shape index (κ3) is 5.15. The number of hydrogen-bond donors (Lipinski definition) is 1. The zero-order valence-electron chi connectivity index (χ0n) is 20.0. The number of piperidine rings is 1. The number of halogens is 2. The summed E-state index contributed by atoms with van der Waals surface area (Å²) in [7, 11) is 0. The molecule has 1 aliphatic heterocycles. The van der Waals surface area contributed by atoms with E-state index in [1.165, 1.54) is 38.8 Å². The van der Waals surface area contributed by atoms with Crippen molar-refractivity contribution in [2.45, 2.75) is 76.7 Å². The van der Waals surface area contributed by atoms with Crippen molar-refractivity contribution in [3.63, 3.8) is 0 Å². The number of aryl methyl sites for hydroxylation is 3. The van der Waals surface area contributed by atoms with Crippen LogP contribution in [-0.4, -0.2) is 34.9 Å². The molecular weight excluding hydrogens is 554 g/mol. The van der Waals surface area contributed by atoms with Crippen molar-refractivity contribution in [3.8, 4) is 0 Å². The first-order chi connectivity index (χ1) is 16.4. The predicted molar refractivity (Wildman–Crippen MR) is 144 cm³/mol. The van der Waals surface area contributed by atoms with Crippen LogP contribution >= 0.6 is 31.9 Å². The fourth-order valence-corrected chi connectivity index (χ4v) is 7.83. The SMILES string of the molecule is Cc1cc(Br)c2c(c1)CCc1cc(Br)cnc1[C@@H]2C1CCN(C(=O)C[C@H]2CCC[C@@H](N)C2)CC1. The van der Waals surface area contributed by atoms with Crippen LogP contribution in [0.1, 0.15) is 78.8 Å². The molecule has 4 nitrogen and oxygen atoms in total. The molecule has 6 heteroatoms. The Bertz CT molecular complexity index is 1060. The molecule has 2 heterocycles. The number of fused-ring (bicyclic) bond motifs is 2. The van der Waals surface area contributed by atoms with Gasteiger partial charge in [0.2, 0.25) is 5.91 Å². The summed E-state index contributed by atoms with van der Waals surface area (Å²) in [5.74, 6) is 1.55. The molecule has 0 spiro atoms. The molecule has 3 atom stereocenters. The lowest BCUT2D eigenvalue weighted by Gasteiger charge is -2.38. The van der Waals surface area contributed by atoms with Crippen molar-refractivity contribution < 1.29 is 4.79 Å². The van der Waals surface area contributed by atoms with E-state index in [1.54, 1.807) is 0 Å². The van der Waals surface area contributed by atoms with Crippen LogP contribution in [0.15, 0.2) is 33.3 Å². The number of nitrogens with zero attached hydrogens (tertiary/aromatic N) is 2. The Labute approximate surface area is 220 Å². The quantitative estimate of drug-likeness (QED) is 0.458. The number of hydrogen-bond acceptors (Lipinski definition) is 3.